The monoisotopic (exact) mass is 216 g/mol. The molecule has 0 aromatic rings. The van der Waals surface area contributed by atoms with Crippen LogP contribution in [0.4, 0.5) is 0 Å². The van der Waals surface area contributed by atoms with Crippen LogP contribution in [0, 0.1) is 0 Å². The molecule has 0 bridgehead atoms. The second-order valence-electron chi connectivity index (χ2n) is 4.55. The Hall–Kier alpha value is -0.160. The fourth-order valence-electron chi connectivity index (χ4n) is 1.62. The highest BCUT2D eigenvalue weighted by atomic mass is 16.5. The third kappa shape index (κ3) is 4.93. The van der Waals surface area contributed by atoms with Crippen molar-refractivity contribution < 1.29 is 9.47 Å². The summed E-state index contributed by atoms with van der Waals surface area (Å²) in [5, 5.41) is 3.23. The van der Waals surface area contributed by atoms with Crippen LogP contribution in [0.2, 0.25) is 0 Å². The molecule has 0 radical (unpaired) electrons. The number of nitrogens with zero attached hydrogens (tertiary/aromatic N) is 1. The highest BCUT2D eigenvalue weighted by Gasteiger charge is 2.32. The molecule has 1 aliphatic heterocycles. The number of rotatable bonds is 8. The molecule has 15 heavy (non-hydrogen) atoms. The van der Waals surface area contributed by atoms with Gasteiger partial charge in [0.2, 0.25) is 0 Å². The Morgan fingerprint density at radius 1 is 1.27 bits per heavy atom. The molecule has 1 aliphatic rings. The first-order valence-corrected chi connectivity index (χ1v) is 5.68. The highest BCUT2D eigenvalue weighted by molar-refractivity contribution is 4.90. The van der Waals surface area contributed by atoms with Crippen molar-refractivity contribution in [3.05, 3.63) is 0 Å². The van der Waals surface area contributed by atoms with E-state index < -0.39 is 0 Å². The molecule has 0 aromatic heterocycles. The first-order valence-electron chi connectivity index (χ1n) is 5.68. The van der Waals surface area contributed by atoms with E-state index in [4.69, 9.17) is 9.47 Å². The van der Waals surface area contributed by atoms with Crippen LogP contribution in [-0.4, -0.2) is 64.1 Å². The molecule has 4 heteroatoms. The minimum atomic E-state index is 0.0906. The van der Waals surface area contributed by atoms with Crippen molar-refractivity contribution in [2.75, 3.05) is 53.6 Å². The van der Waals surface area contributed by atoms with Gasteiger partial charge in [-0.1, -0.05) is 0 Å². The van der Waals surface area contributed by atoms with Crippen LogP contribution in [-0.2, 0) is 9.47 Å². The Labute approximate surface area is 92.9 Å². The van der Waals surface area contributed by atoms with Crippen molar-refractivity contribution in [1.29, 1.82) is 0 Å². The van der Waals surface area contributed by atoms with Gasteiger partial charge in [0.15, 0.2) is 0 Å². The Kier molecular flexibility index (Phi) is 5.53. The zero-order valence-corrected chi connectivity index (χ0v) is 10.2. The van der Waals surface area contributed by atoms with Gasteiger partial charge in [0.05, 0.1) is 12.2 Å². The molecule has 0 atom stereocenters. The molecule has 0 spiro atoms. The summed E-state index contributed by atoms with van der Waals surface area (Å²) < 4.78 is 10.8. The summed E-state index contributed by atoms with van der Waals surface area (Å²) in [6.45, 7) is 7.87. The van der Waals surface area contributed by atoms with Gasteiger partial charge >= 0.3 is 0 Å². The number of hydrogen-bond acceptors (Lipinski definition) is 4. The molecule has 1 rings (SSSR count). The fraction of sp³-hybridized carbons (Fsp3) is 1.00. The standard InChI is InChI=1S/C11H24N2O2/c1-11(9-12-10-11)15-8-6-13(2)5-4-7-14-3/h12H,4-10H2,1-3H3. The maximum atomic E-state index is 5.81. The fourth-order valence-corrected chi connectivity index (χ4v) is 1.62. The van der Waals surface area contributed by atoms with E-state index in [2.05, 4.69) is 24.2 Å². The third-order valence-corrected chi connectivity index (χ3v) is 2.81. The second-order valence-corrected chi connectivity index (χ2v) is 4.55. The van der Waals surface area contributed by atoms with Gasteiger partial charge in [-0.05, 0) is 20.4 Å². The number of methoxy groups -OCH3 is 1. The number of nitrogens with one attached hydrogen (secondary N) is 1. The zero-order chi connectivity index (χ0) is 11.1. The summed E-state index contributed by atoms with van der Waals surface area (Å²) >= 11 is 0. The summed E-state index contributed by atoms with van der Waals surface area (Å²) in [5.41, 5.74) is 0.0906. The van der Waals surface area contributed by atoms with Crippen LogP contribution in [0.1, 0.15) is 13.3 Å². The first kappa shape index (κ1) is 12.9. The molecule has 0 amide bonds. The van der Waals surface area contributed by atoms with Gasteiger partial charge in [0, 0.05) is 39.9 Å². The van der Waals surface area contributed by atoms with Crippen molar-refractivity contribution in [3.8, 4) is 0 Å². The minimum absolute atomic E-state index is 0.0906. The minimum Gasteiger partial charge on any atom is -0.385 e. The second kappa shape index (κ2) is 6.43. The maximum Gasteiger partial charge on any atom is 0.0902 e. The molecule has 0 aromatic carbocycles. The summed E-state index contributed by atoms with van der Waals surface area (Å²) in [5.74, 6) is 0. The number of ether oxygens (including phenoxy) is 2. The summed E-state index contributed by atoms with van der Waals surface area (Å²) in [6.07, 6.45) is 1.09. The molecule has 1 N–H and O–H groups in total. The summed E-state index contributed by atoms with van der Waals surface area (Å²) in [4.78, 5) is 2.29. The summed E-state index contributed by atoms with van der Waals surface area (Å²) in [7, 11) is 3.87. The van der Waals surface area contributed by atoms with Gasteiger partial charge < -0.3 is 19.7 Å². The quantitative estimate of drug-likeness (QED) is 0.593. The molecule has 0 aliphatic carbocycles. The number of hydrogen-bond donors (Lipinski definition) is 1. The molecule has 1 saturated heterocycles. The first-order chi connectivity index (χ1) is 7.16. The van der Waals surface area contributed by atoms with Gasteiger partial charge in [0.1, 0.15) is 0 Å². The van der Waals surface area contributed by atoms with E-state index in [0.29, 0.717) is 0 Å². The molecule has 0 saturated carbocycles. The van der Waals surface area contributed by atoms with Crippen LogP contribution in [0.3, 0.4) is 0 Å². The average molecular weight is 216 g/mol. The zero-order valence-electron chi connectivity index (χ0n) is 10.2. The molecular formula is C11H24N2O2. The van der Waals surface area contributed by atoms with Crippen molar-refractivity contribution in [2.24, 2.45) is 0 Å². The van der Waals surface area contributed by atoms with Gasteiger partial charge in [0.25, 0.3) is 0 Å². The SMILES string of the molecule is COCCCN(C)CCOC1(C)CNC1. The van der Waals surface area contributed by atoms with Gasteiger partial charge in [-0.15, -0.1) is 0 Å². The lowest BCUT2D eigenvalue weighted by Crippen LogP contribution is -2.59. The van der Waals surface area contributed by atoms with E-state index in [1.54, 1.807) is 7.11 Å². The number of likely N-dealkylation sites (N-methyl/N-ethyl adjacent to an activating group) is 1. The lowest BCUT2D eigenvalue weighted by Gasteiger charge is -2.39. The van der Waals surface area contributed by atoms with E-state index in [1.165, 1.54) is 0 Å². The van der Waals surface area contributed by atoms with Crippen molar-refractivity contribution in [3.63, 3.8) is 0 Å². The van der Waals surface area contributed by atoms with Gasteiger partial charge in [-0.2, -0.15) is 0 Å². The van der Waals surface area contributed by atoms with E-state index in [9.17, 15) is 0 Å². The predicted molar refractivity (Wildman–Crippen MR) is 61.2 cm³/mol. The van der Waals surface area contributed by atoms with E-state index in [1.807, 2.05) is 0 Å². The van der Waals surface area contributed by atoms with Gasteiger partial charge in [-0.25, -0.2) is 0 Å². The largest absolute Gasteiger partial charge is 0.385 e. The molecule has 0 unspecified atom stereocenters. The van der Waals surface area contributed by atoms with Crippen LogP contribution >= 0.6 is 0 Å². The van der Waals surface area contributed by atoms with Crippen LogP contribution < -0.4 is 5.32 Å². The molecular weight excluding hydrogens is 192 g/mol. The highest BCUT2D eigenvalue weighted by Crippen LogP contribution is 2.14. The van der Waals surface area contributed by atoms with E-state index in [0.717, 1.165) is 45.8 Å². The van der Waals surface area contributed by atoms with Crippen LogP contribution in [0.5, 0.6) is 0 Å². The molecule has 90 valence electrons. The van der Waals surface area contributed by atoms with Crippen molar-refractivity contribution in [2.45, 2.75) is 18.9 Å². The predicted octanol–water partition coefficient (Wildman–Crippen LogP) is 0.333. The van der Waals surface area contributed by atoms with Crippen LogP contribution in [0.25, 0.3) is 0 Å². The average Bonchev–Trinajstić information content (AvgIpc) is 2.16. The normalized spacial score (nSPS) is 19.2. The lowest BCUT2D eigenvalue weighted by molar-refractivity contribution is -0.0710. The van der Waals surface area contributed by atoms with E-state index >= 15 is 0 Å². The van der Waals surface area contributed by atoms with Crippen molar-refractivity contribution in [1.82, 2.24) is 10.2 Å². The molecule has 4 nitrogen and oxygen atoms in total. The van der Waals surface area contributed by atoms with Crippen molar-refractivity contribution >= 4 is 0 Å². The molecule has 1 fully saturated rings. The maximum absolute atomic E-state index is 5.81. The van der Waals surface area contributed by atoms with E-state index in [-0.39, 0.29) is 5.60 Å². The Morgan fingerprint density at radius 3 is 2.53 bits per heavy atom. The Bertz CT molecular complexity index is 172. The Balaban J connectivity index is 1.94. The third-order valence-electron chi connectivity index (χ3n) is 2.81. The smallest absolute Gasteiger partial charge is 0.0902 e. The molecule has 1 heterocycles. The summed E-state index contributed by atoms with van der Waals surface area (Å²) in [6, 6.07) is 0. The topological polar surface area (TPSA) is 33.7 Å². The van der Waals surface area contributed by atoms with Crippen LogP contribution in [0.15, 0.2) is 0 Å². The Morgan fingerprint density at radius 2 is 2.00 bits per heavy atom. The van der Waals surface area contributed by atoms with Gasteiger partial charge in [-0.3, -0.25) is 0 Å². The lowest BCUT2D eigenvalue weighted by atomic mass is 10.0.